The van der Waals surface area contributed by atoms with Gasteiger partial charge in [0.05, 0.1) is 12.2 Å². The molecule has 0 aromatic carbocycles. The number of carbonyl (C=O) groups excluding carboxylic acids is 1. The molecule has 0 aliphatic heterocycles. The highest BCUT2D eigenvalue weighted by molar-refractivity contribution is 7.13. The van der Waals surface area contributed by atoms with Gasteiger partial charge in [-0.25, -0.2) is 15.0 Å². The molecule has 3 rings (SSSR count). The van der Waals surface area contributed by atoms with Gasteiger partial charge in [-0.3, -0.25) is 4.79 Å². The molecule has 0 saturated heterocycles. The predicted molar refractivity (Wildman–Crippen MR) is 81.5 cm³/mol. The third-order valence-corrected chi connectivity index (χ3v) is 4.22. The largest absolute Gasteiger partial charge is 0.350 e. The summed E-state index contributed by atoms with van der Waals surface area (Å²) in [5.74, 6) is 1.10. The maximum absolute atomic E-state index is 11.9. The van der Waals surface area contributed by atoms with Crippen LogP contribution in [0.5, 0.6) is 0 Å². The van der Waals surface area contributed by atoms with Gasteiger partial charge in [0, 0.05) is 24.2 Å². The van der Waals surface area contributed by atoms with Crippen molar-refractivity contribution in [2.24, 2.45) is 5.92 Å². The average molecular weight is 300 g/mol. The smallest absolute Gasteiger partial charge is 0.220 e. The van der Waals surface area contributed by atoms with Gasteiger partial charge in [-0.1, -0.05) is 12.2 Å². The highest BCUT2D eigenvalue weighted by Gasteiger charge is 2.14. The standard InChI is InChI=1S/C15H16N4OS/c20-13(8-11-4-1-2-5-11)18-9-12-10-21-15(19-12)14-16-6-3-7-17-14/h1,3-4,6-7,10-11H,2,5,8-9H2,(H,18,20)/t11-/m1/s1. The van der Waals surface area contributed by atoms with Crippen LogP contribution in [0.1, 0.15) is 25.0 Å². The lowest BCUT2D eigenvalue weighted by molar-refractivity contribution is -0.121. The van der Waals surface area contributed by atoms with Crippen molar-refractivity contribution in [3.05, 3.63) is 41.7 Å². The Bertz CT molecular complexity index is 638. The minimum atomic E-state index is 0.0806. The summed E-state index contributed by atoms with van der Waals surface area (Å²) in [5, 5.41) is 5.63. The number of nitrogens with zero attached hydrogens (tertiary/aromatic N) is 3. The van der Waals surface area contributed by atoms with E-state index in [-0.39, 0.29) is 5.91 Å². The minimum absolute atomic E-state index is 0.0806. The Hall–Kier alpha value is -2.08. The highest BCUT2D eigenvalue weighted by atomic mass is 32.1. The number of rotatable bonds is 5. The Balaban J connectivity index is 1.53. The average Bonchev–Trinajstić information content (AvgIpc) is 3.17. The molecule has 0 bridgehead atoms. The third kappa shape index (κ3) is 3.72. The van der Waals surface area contributed by atoms with Gasteiger partial charge < -0.3 is 5.32 Å². The van der Waals surface area contributed by atoms with Gasteiger partial charge in [-0.2, -0.15) is 0 Å². The Morgan fingerprint density at radius 1 is 1.38 bits per heavy atom. The maximum atomic E-state index is 11.9. The molecule has 21 heavy (non-hydrogen) atoms. The van der Waals surface area contributed by atoms with E-state index in [2.05, 4.69) is 32.4 Å². The SMILES string of the molecule is O=C(C[C@@H]1C=CCC1)NCc1csc(-c2ncccn2)n1. The molecule has 6 heteroatoms. The molecule has 2 aromatic rings. The van der Waals surface area contributed by atoms with Gasteiger partial charge in [0.2, 0.25) is 5.91 Å². The van der Waals surface area contributed by atoms with E-state index in [1.165, 1.54) is 11.3 Å². The molecule has 0 spiro atoms. The first-order chi connectivity index (χ1) is 10.3. The van der Waals surface area contributed by atoms with Crippen molar-refractivity contribution in [2.45, 2.75) is 25.8 Å². The van der Waals surface area contributed by atoms with Gasteiger partial charge >= 0.3 is 0 Å². The summed E-state index contributed by atoms with van der Waals surface area (Å²) in [5.41, 5.74) is 0.845. The molecule has 1 atom stereocenters. The zero-order chi connectivity index (χ0) is 14.5. The number of carbonyl (C=O) groups is 1. The number of amides is 1. The first kappa shape index (κ1) is 13.9. The van der Waals surface area contributed by atoms with Crippen LogP contribution in [0.2, 0.25) is 0 Å². The van der Waals surface area contributed by atoms with Gasteiger partial charge in [-0.15, -0.1) is 11.3 Å². The van der Waals surface area contributed by atoms with E-state index in [4.69, 9.17) is 0 Å². The maximum Gasteiger partial charge on any atom is 0.220 e. The van der Waals surface area contributed by atoms with Gasteiger partial charge in [0.1, 0.15) is 0 Å². The van der Waals surface area contributed by atoms with E-state index in [0.717, 1.165) is 23.5 Å². The molecule has 2 heterocycles. The van der Waals surface area contributed by atoms with E-state index < -0.39 is 0 Å². The number of nitrogens with one attached hydrogen (secondary N) is 1. The fraction of sp³-hybridized carbons (Fsp3) is 0.333. The lowest BCUT2D eigenvalue weighted by atomic mass is 10.1. The number of allylic oxidation sites excluding steroid dienone is 2. The second-order valence-electron chi connectivity index (χ2n) is 4.96. The summed E-state index contributed by atoms with van der Waals surface area (Å²) >= 11 is 1.49. The van der Waals surface area contributed by atoms with Crippen LogP contribution in [0.4, 0.5) is 0 Å². The molecule has 0 radical (unpaired) electrons. The molecule has 1 N–H and O–H groups in total. The topological polar surface area (TPSA) is 67.8 Å². The summed E-state index contributed by atoms with van der Waals surface area (Å²) in [4.78, 5) is 24.6. The molecule has 1 aliphatic rings. The zero-order valence-electron chi connectivity index (χ0n) is 11.5. The Labute approximate surface area is 127 Å². The van der Waals surface area contributed by atoms with Crippen molar-refractivity contribution in [3.63, 3.8) is 0 Å². The second-order valence-corrected chi connectivity index (χ2v) is 5.82. The molecule has 0 fully saturated rings. The van der Waals surface area contributed by atoms with Gasteiger partial charge in [0.25, 0.3) is 0 Å². The number of hydrogen-bond donors (Lipinski definition) is 1. The molecule has 108 valence electrons. The van der Waals surface area contributed by atoms with Crippen LogP contribution in [0.3, 0.4) is 0 Å². The van der Waals surface area contributed by atoms with Crippen molar-refractivity contribution in [1.29, 1.82) is 0 Å². The fourth-order valence-electron chi connectivity index (χ4n) is 2.27. The Morgan fingerprint density at radius 3 is 3.00 bits per heavy atom. The number of hydrogen-bond acceptors (Lipinski definition) is 5. The molecule has 1 aliphatic carbocycles. The summed E-state index contributed by atoms with van der Waals surface area (Å²) in [7, 11) is 0. The molecule has 1 amide bonds. The van der Waals surface area contributed by atoms with Crippen LogP contribution in [0, 0.1) is 5.92 Å². The van der Waals surface area contributed by atoms with Crippen LogP contribution in [0.15, 0.2) is 36.0 Å². The van der Waals surface area contributed by atoms with Gasteiger partial charge in [-0.05, 0) is 24.8 Å². The quantitative estimate of drug-likeness (QED) is 0.862. The second kappa shape index (κ2) is 6.58. The summed E-state index contributed by atoms with van der Waals surface area (Å²) in [6, 6.07) is 1.77. The van der Waals surface area contributed by atoms with E-state index in [1.807, 2.05) is 5.38 Å². The third-order valence-electron chi connectivity index (χ3n) is 3.34. The predicted octanol–water partition coefficient (Wildman–Crippen LogP) is 2.57. The molecule has 0 saturated carbocycles. The van der Waals surface area contributed by atoms with E-state index >= 15 is 0 Å². The highest BCUT2D eigenvalue weighted by Crippen LogP contribution is 2.21. The minimum Gasteiger partial charge on any atom is -0.350 e. The molecule has 5 nitrogen and oxygen atoms in total. The molecule has 2 aromatic heterocycles. The normalized spacial score (nSPS) is 17.0. The van der Waals surface area contributed by atoms with E-state index in [0.29, 0.717) is 24.7 Å². The summed E-state index contributed by atoms with van der Waals surface area (Å²) in [6.45, 7) is 0.457. The van der Waals surface area contributed by atoms with Gasteiger partial charge in [0.15, 0.2) is 10.8 Å². The Kier molecular flexibility index (Phi) is 4.35. The lowest BCUT2D eigenvalue weighted by Gasteiger charge is -2.07. The van der Waals surface area contributed by atoms with Crippen LogP contribution >= 0.6 is 11.3 Å². The molecular weight excluding hydrogens is 284 g/mol. The lowest BCUT2D eigenvalue weighted by Crippen LogP contribution is -2.24. The number of thiazole rings is 1. The number of aromatic nitrogens is 3. The first-order valence-electron chi connectivity index (χ1n) is 6.96. The Morgan fingerprint density at radius 2 is 2.24 bits per heavy atom. The molecular formula is C15H16N4OS. The summed E-state index contributed by atoms with van der Waals surface area (Å²) in [6.07, 6.45) is 10.4. The van der Waals surface area contributed by atoms with Crippen molar-refractivity contribution in [1.82, 2.24) is 20.3 Å². The van der Waals surface area contributed by atoms with Crippen LogP contribution in [0.25, 0.3) is 10.8 Å². The molecule has 0 unspecified atom stereocenters. The van der Waals surface area contributed by atoms with Crippen LogP contribution in [-0.2, 0) is 11.3 Å². The summed E-state index contributed by atoms with van der Waals surface area (Å²) < 4.78 is 0. The monoisotopic (exact) mass is 300 g/mol. The van der Waals surface area contributed by atoms with Crippen LogP contribution < -0.4 is 5.32 Å². The first-order valence-corrected chi connectivity index (χ1v) is 7.84. The van der Waals surface area contributed by atoms with Crippen molar-refractivity contribution in [2.75, 3.05) is 0 Å². The van der Waals surface area contributed by atoms with Crippen LogP contribution in [-0.4, -0.2) is 20.9 Å². The zero-order valence-corrected chi connectivity index (χ0v) is 12.3. The van der Waals surface area contributed by atoms with Crippen molar-refractivity contribution < 1.29 is 4.79 Å². The fourth-order valence-corrected chi connectivity index (χ4v) is 3.03. The van der Waals surface area contributed by atoms with Crippen molar-refractivity contribution >= 4 is 17.2 Å². The van der Waals surface area contributed by atoms with Crippen molar-refractivity contribution in [3.8, 4) is 10.8 Å². The van der Waals surface area contributed by atoms with E-state index in [1.54, 1.807) is 18.5 Å². The van der Waals surface area contributed by atoms with E-state index in [9.17, 15) is 4.79 Å².